The summed E-state index contributed by atoms with van der Waals surface area (Å²) >= 11 is 1.75. The summed E-state index contributed by atoms with van der Waals surface area (Å²) in [6.07, 6.45) is 0.127. The number of nitrogens with zero attached hydrogens (tertiary/aromatic N) is 1. The molecule has 2 aliphatic rings. The van der Waals surface area contributed by atoms with Gasteiger partial charge in [-0.3, -0.25) is 9.59 Å². The average Bonchev–Trinajstić information content (AvgIpc) is 3.27. The Hall–Kier alpha value is -3.32. The molecule has 1 atom stereocenters. The number of ether oxygens (including phenoxy) is 2. The van der Waals surface area contributed by atoms with Gasteiger partial charge in [0.15, 0.2) is 11.5 Å². The van der Waals surface area contributed by atoms with E-state index < -0.39 is 6.10 Å². The van der Waals surface area contributed by atoms with Crippen LogP contribution in [0.3, 0.4) is 0 Å². The second kappa shape index (κ2) is 8.07. The van der Waals surface area contributed by atoms with Crippen molar-refractivity contribution in [3.05, 3.63) is 75.5 Å². The zero-order chi connectivity index (χ0) is 21.4. The van der Waals surface area contributed by atoms with Crippen LogP contribution < -0.4 is 14.8 Å². The lowest BCUT2D eigenvalue weighted by Gasteiger charge is -2.28. The Kier molecular flexibility index (Phi) is 5.11. The first kappa shape index (κ1) is 19.6. The fraction of sp³-hybridized carbons (Fsp3) is 0.250. The fourth-order valence-electron chi connectivity index (χ4n) is 3.96. The summed E-state index contributed by atoms with van der Waals surface area (Å²) in [6.45, 7) is 3.32. The Morgan fingerprint density at radius 2 is 1.94 bits per heavy atom. The Bertz CT molecular complexity index is 1160. The first-order valence-electron chi connectivity index (χ1n) is 10.2. The summed E-state index contributed by atoms with van der Waals surface area (Å²) < 4.78 is 11.4. The van der Waals surface area contributed by atoms with Crippen LogP contribution in [0.25, 0.3) is 0 Å². The molecule has 158 valence electrons. The maximum atomic E-state index is 13.2. The van der Waals surface area contributed by atoms with Crippen LogP contribution in [0.15, 0.2) is 53.9 Å². The van der Waals surface area contributed by atoms with Gasteiger partial charge in [0.25, 0.3) is 11.8 Å². The molecule has 0 fully saturated rings. The smallest absolute Gasteiger partial charge is 0.269 e. The molecule has 2 aromatic carbocycles. The minimum Gasteiger partial charge on any atom is -0.485 e. The summed E-state index contributed by atoms with van der Waals surface area (Å²) in [5, 5.41) is 4.99. The predicted octanol–water partition coefficient (Wildman–Crippen LogP) is 4.03. The topological polar surface area (TPSA) is 67.9 Å². The highest BCUT2D eigenvalue weighted by molar-refractivity contribution is 7.10. The zero-order valence-electron chi connectivity index (χ0n) is 17.1. The molecule has 31 heavy (non-hydrogen) atoms. The van der Waals surface area contributed by atoms with Crippen LogP contribution in [-0.4, -0.2) is 36.0 Å². The number of nitrogens with one attached hydrogen (secondary N) is 1. The third-order valence-electron chi connectivity index (χ3n) is 5.72. The number of hydrogen-bond acceptors (Lipinski definition) is 5. The van der Waals surface area contributed by atoms with Crippen molar-refractivity contribution >= 4 is 28.8 Å². The maximum Gasteiger partial charge on any atom is 0.269 e. The quantitative estimate of drug-likeness (QED) is 0.676. The van der Waals surface area contributed by atoms with Crippen LogP contribution in [0.2, 0.25) is 0 Å². The second-order valence-corrected chi connectivity index (χ2v) is 8.68. The Morgan fingerprint density at radius 1 is 1.10 bits per heavy atom. The van der Waals surface area contributed by atoms with Crippen molar-refractivity contribution in [3.8, 4) is 11.5 Å². The molecule has 0 saturated heterocycles. The van der Waals surface area contributed by atoms with E-state index in [1.54, 1.807) is 29.5 Å². The number of benzene rings is 2. The molecule has 0 radical (unpaired) electrons. The van der Waals surface area contributed by atoms with Crippen LogP contribution in [0, 0.1) is 6.92 Å². The summed E-state index contributed by atoms with van der Waals surface area (Å²) in [5.41, 5.74) is 3.17. The van der Waals surface area contributed by atoms with E-state index in [0.717, 1.165) is 12.0 Å². The molecule has 0 saturated carbocycles. The highest BCUT2D eigenvalue weighted by Gasteiger charge is 2.29. The SMILES string of the molecule is Cc1c(NC(=O)[C@@H]2COc3ccccc3O2)cccc1C(=O)N1CCc2sccc2C1. The van der Waals surface area contributed by atoms with Gasteiger partial charge in [-0.05, 0) is 60.2 Å². The van der Waals surface area contributed by atoms with E-state index in [4.69, 9.17) is 9.47 Å². The molecule has 0 bridgehead atoms. The van der Waals surface area contributed by atoms with E-state index in [2.05, 4.69) is 16.8 Å². The molecule has 6 nitrogen and oxygen atoms in total. The number of amides is 2. The van der Waals surface area contributed by atoms with Gasteiger partial charge in [-0.2, -0.15) is 0 Å². The Balaban J connectivity index is 1.31. The minimum absolute atomic E-state index is 0.0170. The highest BCUT2D eigenvalue weighted by atomic mass is 32.1. The van der Waals surface area contributed by atoms with Gasteiger partial charge in [0.05, 0.1) is 0 Å². The fourth-order valence-corrected chi connectivity index (χ4v) is 4.85. The molecule has 0 unspecified atom stereocenters. The summed E-state index contributed by atoms with van der Waals surface area (Å²) in [6, 6.07) is 14.8. The summed E-state index contributed by atoms with van der Waals surface area (Å²) in [7, 11) is 0. The van der Waals surface area contributed by atoms with E-state index in [0.29, 0.717) is 35.8 Å². The van der Waals surface area contributed by atoms with Gasteiger partial charge < -0.3 is 19.7 Å². The van der Waals surface area contributed by atoms with E-state index in [1.807, 2.05) is 36.1 Å². The number of hydrogen-bond donors (Lipinski definition) is 1. The summed E-state index contributed by atoms with van der Waals surface area (Å²) in [5.74, 6) is 0.859. The van der Waals surface area contributed by atoms with Crippen molar-refractivity contribution in [2.45, 2.75) is 26.0 Å². The van der Waals surface area contributed by atoms with Gasteiger partial charge in [-0.15, -0.1) is 11.3 Å². The molecule has 1 N–H and O–H groups in total. The largest absolute Gasteiger partial charge is 0.485 e. The molecule has 1 aromatic heterocycles. The van der Waals surface area contributed by atoms with Gasteiger partial charge in [-0.1, -0.05) is 18.2 Å². The Morgan fingerprint density at radius 3 is 2.81 bits per heavy atom. The minimum atomic E-state index is -0.757. The molecule has 7 heteroatoms. The van der Waals surface area contributed by atoms with Crippen molar-refractivity contribution in [1.82, 2.24) is 4.90 Å². The van der Waals surface area contributed by atoms with E-state index >= 15 is 0 Å². The van der Waals surface area contributed by atoms with Gasteiger partial charge in [0.2, 0.25) is 6.10 Å². The number of carbonyl (C=O) groups excluding carboxylic acids is 2. The number of anilines is 1. The van der Waals surface area contributed by atoms with Crippen LogP contribution in [0.4, 0.5) is 5.69 Å². The third kappa shape index (κ3) is 3.77. The lowest BCUT2D eigenvalue weighted by atomic mass is 10.0. The number of rotatable bonds is 3. The van der Waals surface area contributed by atoms with Gasteiger partial charge in [0, 0.05) is 29.2 Å². The standard InChI is InChI=1S/C24H22N2O4S/c1-15-17(24(28)26-11-9-22-16(13-26)10-12-31-22)5-4-6-18(15)25-23(27)21-14-29-19-7-2-3-8-20(19)30-21/h2-8,10,12,21H,9,11,13-14H2,1H3,(H,25,27)/t21-/m0/s1. The number of carbonyl (C=O) groups is 2. The molecular formula is C24H22N2O4S. The molecule has 2 amide bonds. The molecular weight excluding hydrogens is 412 g/mol. The lowest BCUT2D eigenvalue weighted by Crippen LogP contribution is -2.40. The molecule has 2 aliphatic heterocycles. The lowest BCUT2D eigenvalue weighted by molar-refractivity contribution is -0.125. The zero-order valence-corrected chi connectivity index (χ0v) is 17.9. The number of para-hydroxylation sites is 2. The molecule has 0 spiro atoms. The van der Waals surface area contributed by atoms with Crippen molar-refractivity contribution < 1.29 is 19.1 Å². The van der Waals surface area contributed by atoms with Crippen molar-refractivity contribution in [3.63, 3.8) is 0 Å². The first-order valence-corrected chi connectivity index (χ1v) is 11.1. The van der Waals surface area contributed by atoms with Crippen LogP contribution >= 0.6 is 11.3 Å². The van der Waals surface area contributed by atoms with Gasteiger partial charge >= 0.3 is 0 Å². The molecule has 3 aromatic rings. The van der Waals surface area contributed by atoms with Crippen molar-refractivity contribution in [1.29, 1.82) is 0 Å². The molecule has 0 aliphatic carbocycles. The maximum absolute atomic E-state index is 13.2. The van der Waals surface area contributed by atoms with Gasteiger partial charge in [-0.25, -0.2) is 0 Å². The van der Waals surface area contributed by atoms with Crippen molar-refractivity contribution in [2.24, 2.45) is 0 Å². The normalized spacial score (nSPS) is 17.1. The van der Waals surface area contributed by atoms with Crippen molar-refractivity contribution in [2.75, 3.05) is 18.5 Å². The number of thiophene rings is 1. The Labute approximate surface area is 184 Å². The molecule has 3 heterocycles. The summed E-state index contributed by atoms with van der Waals surface area (Å²) in [4.78, 5) is 29.2. The van der Waals surface area contributed by atoms with Crippen LogP contribution in [-0.2, 0) is 17.8 Å². The van der Waals surface area contributed by atoms with Gasteiger partial charge in [0.1, 0.15) is 6.61 Å². The molecule has 5 rings (SSSR count). The highest BCUT2D eigenvalue weighted by Crippen LogP contribution is 2.32. The van der Waals surface area contributed by atoms with E-state index in [-0.39, 0.29) is 18.4 Å². The van der Waals surface area contributed by atoms with Crippen LogP contribution in [0.5, 0.6) is 11.5 Å². The predicted molar refractivity (Wildman–Crippen MR) is 119 cm³/mol. The number of fused-ring (bicyclic) bond motifs is 2. The monoisotopic (exact) mass is 434 g/mol. The third-order valence-corrected chi connectivity index (χ3v) is 6.74. The second-order valence-electron chi connectivity index (χ2n) is 7.68. The average molecular weight is 435 g/mol. The first-order chi connectivity index (χ1) is 15.1. The van der Waals surface area contributed by atoms with E-state index in [1.165, 1.54) is 10.4 Å². The van der Waals surface area contributed by atoms with Crippen LogP contribution in [0.1, 0.15) is 26.4 Å². The van der Waals surface area contributed by atoms with E-state index in [9.17, 15) is 9.59 Å².